The predicted octanol–water partition coefficient (Wildman–Crippen LogP) is 3.42. The van der Waals surface area contributed by atoms with Gasteiger partial charge in [-0.25, -0.2) is 0 Å². The Hall–Kier alpha value is 1.28. The summed E-state index contributed by atoms with van der Waals surface area (Å²) >= 11 is 0. The van der Waals surface area contributed by atoms with E-state index in [1.807, 2.05) is 0 Å². The van der Waals surface area contributed by atoms with E-state index in [1.54, 1.807) is 0 Å². The van der Waals surface area contributed by atoms with Gasteiger partial charge in [0.2, 0.25) is 0 Å². The second kappa shape index (κ2) is 13.3. The van der Waals surface area contributed by atoms with Gasteiger partial charge in [-0.1, -0.05) is 52.4 Å². The van der Waals surface area contributed by atoms with Crippen LogP contribution >= 0.6 is 6.72 Å². The van der Waals surface area contributed by atoms with Crippen LogP contribution in [0.4, 0.5) is 0 Å². The van der Waals surface area contributed by atoms with E-state index in [2.05, 4.69) is 13.8 Å². The quantitative estimate of drug-likeness (QED) is 0.322. The zero-order valence-corrected chi connectivity index (χ0v) is 16.7. The summed E-state index contributed by atoms with van der Waals surface area (Å²) in [5.41, 5.74) is 0. The second-order valence-electron chi connectivity index (χ2n) is 4.51. The minimum atomic E-state index is -3.59. The largest absolute Gasteiger partial charge is 0.329 e. The summed E-state index contributed by atoms with van der Waals surface area (Å²) in [5, 5.41) is 0. The van der Waals surface area contributed by atoms with E-state index < -0.39 is 16.8 Å². The Labute approximate surface area is 127 Å². The molecular weight excluding hydrogens is 321 g/mol. The van der Waals surface area contributed by atoms with Crippen molar-refractivity contribution in [1.82, 2.24) is 0 Å². The molecule has 3 N–H and O–H groups in total. The Kier molecular flexibility index (Phi) is 15.9. The minimum Gasteiger partial charge on any atom is -0.329 e. The van der Waals surface area contributed by atoms with Crippen LogP contribution in [-0.4, -0.2) is 26.2 Å². The molecule has 0 amide bonds. The summed E-state index contributed by atoms with van der Waals surface area (Å²) in [5.74, 6) is 1.55. The molecule has 0 spiro atoms. The second-order valence-corrected chi connectivity index (χ2v) is 10.3. The molecule has 0 rings (SSSR count). The van der Waals surface area contributed by atoms with E-state index in [4.69, 9.17) is 0 Å². The fraction of sp³-hybridized carbons (Fsp3) is 1.00. The summed E-state index contributed by atoms with van der Waals surface area (Å²) < 4.78 is 0. The molecule has 0 aromatic rings. The zero-order valence-electron chi connectivity index (χ0n) is 12.0. The Morgan fingerprint density at radius 3 is 1.67 bits per heavy atom. The van der Waals surface area contributed by atoms with Gasteiger partial charge in [0.1, 0.15) is 0 Å². The van der Waals surface area contributed by atoms with Crippen molar-refractivity contribution in [2.75, 3.05) is 11.5 Å². The molecule has 0 saturated heterocycles. The van der Waals surface area contributed by atoms with E-state index in [0.717, 1.165) is 37.2 Å². The van der Waals surface area contributed by atoms with Gasteiger partial charge in [-0.2, -0.15) is 0 Å². The molecule has 1 unspecified atom stereocenters. The first-order valence-electron chi connectivity index (χ1n) is 6.77. The Bertz CT molecular complexity index is 235. The van der Waals surface area contributed by atoms with Gasteiger partial charge in [-0.05, 0) is 24.3 Å². The molecule has 0 fully saturated rings. The van der Waals surface area contributed by atoms with Gasteiger partial charge in [0.05, 0.1) is 0 Å². The molecule has 0 aliphatic heterocycles. The molecule has 1 atom stereocenters. The summed E-state index contributed by atoms with van der Waals surface area (Å²) in [6, 6.07) is 0. The average Bonchev–Trinajstić information content (AvgIpc) is 2.25. The van der Waals surface area contributed by atoms with Crippen molar-refractivity contribution in [3.8, 4) is 0 Å². The third-order valence-corrected chi connectivity index (χ3v) is 8.20. The third-order valence-electron chi connectivity index (χ3n) is 2.81. The molecule has 18 heavy (non-hydrogen) atoms. The summed E-state index contributed by atoms with van der Waals surface area (Å²) in [7, 11) is -0.571. The van der Waals surface area contributed by atoms with Gasteiger partial charge in [-0.3, -0.25) is 0 Å². The van der Waals surface area contributed by atoms with Crippen molar-refractivity contribution in [3.05, 3.63) is 0 Å². The van der Waals surface area contributed by atoms with Gasteiger partial charge >= 0.3 is 0 Å². The summed E-state index contributed by atoms with van der Waals surface area (Å²) in [6.07, 6.45) is 9.22. The smallest absolute Gasteiger partial charge is 0.277 e. The number of hydrogen-bond acceptors (Lipinski definition) is 0. The first kappa shape index (κ1) is 21.6. The van der Waals surface area contributed by atoms with Crippen LogP contribution in [0.1, 0.15) is 65.2 Å². The maximum atomic E-state index is 9.38. The fourth-order valence-electron chi connectivity index (χ4n) is 1.71. The molecular formula is C12H29O3PSZn. The normalized spacial score (nSPS) is 13.2. The Morgan fingerprint density at radius 1 is 0.722 bits per heavy atom. The zero-order chi connectivity index (χ0) is 13.1. The SMILES string of the molecule is CCCCCCCCS(CCCC)=P(O)(O)O.[Zn]. The van der Waals surface area contributed by atoms with E-state index in [9.17, 15) is 14.7 Å². The van der Waals surface area contributed by atoms with E-state index >= 15 is 0 Å². The molecule has 6 heteroatoms. The monoisotopic (exact) mass is 348 g/mol. The van der Waals surface area contributed by atoms with E-state index in [0.29, 0.717) is 0 Å². The third kappa shape index (κ3) is 12.3. The standard InChI is InChI=1S/C12H29O3PS.Zn/c1-3-5-7-8-9-10-12-17(11-6-4-2)16(13,14)15;/h13-15H,3-12H2,1-2H3;. The van der Waals surface area contributed by atoms with Crippen LogP contribution in [0.25, 0.3) is 0 Å². The van der Waals surface area contributed by atoms with E-state index in [-0.39, 0.29) is 19.5 Å². The van der Waals surface area contributed by atoms with Crippen LogP contribution in [0.3, 0.4) is 0 Å². The molecule has 0 aliphatic carbocycles. The van der Waals surface area contributed by atoms with Crippen LogP contribution < -0.4 is 0 Å². The average molecular weight is 350 g/mol. The molecule has 0 aromatic carbocycles. The maximum absolute atomic E-state index is 9.38. The molecule has 0 radical (unpaired) electrons. The Balaban J connectivity index is 0. The molecule has 0 saturated carbocycles. The van der Waals surface area contributed by atoms with Crippen LogP contribution in [0, 0.1) is 0 Å². The summed E-state index contributed by atoms with van der Waals surface area (Å²) in [4.78, 5) is 28.1. The molecule has 0 aromatic heterocycles. The molecule has 0 bridgehead atoms. The topological polar surface area (TPSA) is 60.7 Å². The van der Waals surface area contributed by atoms with Crippen LogP contribution in [-0.2, 0) is 29.6 Å². The van der Waals surface area contributed by atoms with Gasteiger partial charge in [0, 0.05) is 19.5 Å². The minimum absolute atomic E-state index is 0. The van der Waals surface area contributed by atoms with Gasteiger partial charge in [-0.15, -0.1) is 10.1 Å². The molecule has 3 nitrogen and oxygen atoms in total. The molecule has 0 heterocycles. The van der Waals surface area contributed by atoms with Crippen molar-refractivity contribution >= 4 is 16.8 Å². The Morgan fingerprint density at radius 2 is 1.17 bits per heavy atom. The van der Waals surface area contributed by atoms with Crippen LogP contribution in [0.15, 0.2) is 0 Å². The summed E-state index contributed by atoms with van der Waals surface area (Å²) in [6.45, 7) is 0.691. The van der Waals surface area contributed by atoms with E-state index in [1.165, 1.54) is 25.7 Å². The first-order chi connectivity index (χ1) is 8.02. The predicted molar refractivity (Wildman–Crippen MR) is 79.0 cm³/mol. The maximum Gasteiger partial charge on any atom is 0.277 e. The van der Waals surface area contributed by atoms with Crippen molar-refractivity contribution in [1.29, 1.82) is 0 Å². The number of rotatable bonds is 10. The van der Waals surface area contributed by atoms with Crippen molar-refractivity contribution in [2.45, 2.75) is 65.2 Å². The van der Waals surface area contributed by atoms with Gasteiger partial charge in [0.15, 0.2) is 0 Å². The number of hydrogen-bond donors (Lipinski definition) is 3. The van der Waals surface area contributed by atoms with Gasteiger partial charge < -0.3 is 14.7 Å². The van der Waals surface area contributed by atoms with Crippen molar-refractivity contribution in [2.24, 2.45) is 0 Å². The molecule has 0 aliphatic rings. The van der Waals surface area contributed by atoms with Crippen LogP contribution in [0.2, 0.25) is 0 Å². The van der Waals surface area contributed by atoms with Crippen molar-refractivity contribution in [3.63, 3.8) is 0 Å². The van der Waals surface area contributed by atoms with Gasteiger partial charge in [0.25, 0.3) is 6.72 Å². The van der Waals surface area contributed by atoms with Crippen molar-refractivity contribution < 1.29 is 34.2 Å². The van der Waals surface area contributed by atoms with Crippen LogP contribution in [0.5, 0.6) is 0 Å². The first-order valence-corrected chi connectivity index (χ1v) is 10.6. The molecule has 108 valence electrons. The fourth-order valence-corrected chi connectivity index (χ4v) is 5.80. The number of unbranched alkanes of at least 4 members (excludes halogenated alkanes) is 6.